The Morgan fingerprint density at radius 3 is 2.77 bits per heavy atom. The Balaban J connectivity index is 2.26. The highest BCUT2D eigenvalue weighted by atomic mass is 16.1. The lowest BCUT2D eigenvalue weighted by atomic mass is 9.94. The molecule has 1 aliphatic heterocycles. The maximum atomic E-state index is 11.0. The second-order valence-electron chi connectivity index (χ2n) is 3.56. The highest BCUT2D eigenvalue weighted by Gasteiger charge is 2.23. The summed E-state index contributed by atoms with van der Waals surface area (Å²) in [7, 11) is 0. The summed E-state index contributed by atoms with van der Waals surface area (Å²) in [6.07, 6.45) is 0.644. The number of carbonyl (C=O) groups excluding carboxylic acids is 1. The SMILES string of the molecule is Cc1ccccc1[C@H]1CNC(=O)C1. The van der Waals surface area contributed by atoms with E-state index in [0.717, 1.165) is 6.54 Å². The van der Waals surface area contributed by atoms with E-state index in [1.807, 2.05) is 12.1 Å². The molecule has 0 unspecified atom stereocenters. The van der Waals surface area contributed by atoms with Crippen LogP contribution in [0.15, 0.2) is 24.3 Å². The molecule has 1 N–H and O–H groups in total. The van der Waals surface area contributed by atoms with Gasteiger partial charge in [-0.3, -0.25) is 4.79 Å². The van der Waals surface area contributed by atoms with Crippen LogP contribution < -0.4 is 5.32 Å². The third-order valence-corrected chi connectivity index (χ3v) is 2.61. The molecule has 0 aromatic heterocycles. The largest absolute Gasteiger partial charge is 0.355 e. The van der Waals surface area contributed by atoms with Crippen LogP contribution in [0.5, 0.6) is 0 Å². The zero-order valence-corrected chi connectivity index (χ0v) is 7.71. The zero-order chi connectivity index (χ0) is 9.26. The fraction of sp³-hybridized carbons (Fsp3) is 0.364. The molecule has 1 heterocycles. The van der Waals surface area contributed by atoms with E-state index in [0.29, 0.717) is 12.3 Å². The number of benzene rings is 1. The van der Waals surface area contributed by atoms with Crippen molar-refractivity contribution in [3.05, 3.63) is 35.4 Å². The molecule has 1 aliphatic rings. The molecule has 0 radical (unpaired) electrons. The van der Waals surface area contributed by atoms with E-state index >= 15 is 0 Å². The molecule has 13 heavy (non-hydrogen) atoms. The van der Waals surface area contributed by atoms with Crippen molar-refractivity contribution in [2.75, 3.05) is 6.54 Å². The first-order chi connectivity index (χ1) is 6.27. The van der Waals surface area contributed by atoms with Gasteiger partial charge in [0.2, 0.25) is 5.91 Å². The smallest absolute Gasteiger partial charge is 0.220 e. The number of nitrogens with one attached hydrogen (secondary N) is 1. The number of rotatable bonds is 1. The molecule has 0 spiro atoms. The molecule has 1 fully saturated rings. The van der Waals surface area contributed by atoms with Gasteiger partial charge in [0.1, 0.15) is 0 Å². The van der Waals surface area contributed by atoms with Crippen LogP contribution >= 0.6 is 0 Å². The summed E-state index contributed by atoms with van der Waals surface area (Å²) in [4.78, 5) is 11.0. The summed E-state index contributed by atoms with van der Waals surface area (Å²) in [5.41, 5.74) is 2.59. The number of aryl methyl sites for hydroxylation is 1. The van der Waals surface area contributed by atoms with Gasteiger partial charge < -0.3 is 5.32 Å². The van der Waals surface area contributed by atoms with Crippen LogP contribution in [0.4, 0.5) is 0 Å². The Hall–Kier alpha value is -1.31. The molecule has 0 saturated carbocycles. The Kier molecular flexibility index (Phi) is 2.05. The monoisotopic (exact) mass is 175 g/mol. The van der Waals surface area contributed by atoms with Gasteiger partial charge in [0.15, 0.2) is 0 Å². The predicted octanol–water partition coefficient (Wildman–Crippen LogP) is 1.60. The molecular formula is C11H13NO. The minimum absolute atomic E-state index is 0.174. The second-order valence-corrected chi connectivity index (χ2v) is 3.56. The van der Waals surface area contributed by atoms with Crippen molar-refractivity contribution >= 4 is 5.91 Å². The minimum atomic E-state index is 0.174. The van der Waals surface area contributed by atoms with E-state index in [9.17, 15) is 4.79 Å². The van der Waals surface area contributed by atoms with E-state index in [2.05, 4.69) is 24.4 Å². The van der Waals surface area contributed by atoms with Gasteiger partial charge in [-0.25, -0.2) is 0 Å². The lowest BCUT2D eigenvalue weighted by Gasteiger charge is -2.10. The average molecular weight is 175 g/mol. The quantitative estimate of drug-likeness (QED) is 0.690. The van der Waals surface area contributed by atoms with Crippen molar-refractivity contribution in [2.45, 2.75) is 19.3 Å². The standard InChI is InChI=1S/C11H13NO/c1-8-4-2-3-5-10(8)9-6-11(13)12-7-9/h2-5,9H,6-7H2,1H3,(H,12,13)/t9-/m1/s1. The van der Waals surface area contributed by atoms with Gasteiger partial charge in [0, 0.05) is 18.9 Å². The Morgan fingerprint density at radius 1 is 1.38 bits per heavy atom. The van der Waals surface area contributed by atoms with Gasteiger partial charge in [0.05, 0.1) is 0 Å². The molecule has 2 nitrogen and oxygen atoms in total. The summed E-state index contributed by atoms with van der Waals surface area (Å²) < 4.78 is 0. The van der Waals surface area contributed by atoms with Crippen molar-refractivity contribution in [1.82, 2.24) is 5.32 Å². The molecule has 0 bridgehead atoms. The summed E-state index contributed by atoms with van der Waals surface area (Å²) in [6, 6.07) is 8.27. The van der Waals surface area contributed by atoms with Crippen LogP contribution in [-0.4, -0.2) is 12.5 Å². The summed E-state index contributed by atoms with van der Waals surface area (Å²) in [5.74, 6) is 0.557. The number of amides is 1. The van der Waals surface area contributed by atoms with Gasteiger partial charge in [-0.05, 0) is 18.1 Å². The van der Waals surface area contributed by atoms with E-state index in [1.165, 1.54) is 11.1 Å². The number of hydrogen-bond donors (Lipinski definition) is 1. The van der Waals surface area contributed by atoms with Crippen LogP contribution in [-0.2, 0) is 4.79 Å². The maximum absolute atomic E-state index is 11.0. The minimum Gasteiger partial charge on any atom is -0.355 e. The lowest BCUT2D eigenvalue weighted by molar-refractivity contribution is -0.119. The summed E-state index contributed by atoms with van der Waals surface area (Å²) in [5, 5.41) is 2.86. The van der Waals surface area contributed by atoms with E-state index in [-0.39, 0.29) is 5.91 Å². The van der Waals surface area contributed by atoms with Crippen molar-refractivity contribution in [2.24, 2.45) is 0 Å². The van der Waals surface area contributed by atoms with E-state index in [1.54, 1.807) is 0 Å². The van der Waals surface area contributed by atoms with E-state index < -0.39 is 0 Å². The Morgan fingerprint density at radius 2 is 2.15 bits per heavy atom. The molecule has 68 valence electrons. The van der Waals surface area contributed by atoms with Crippen molar-refractivity contribution in [1.29, 1.82) is 0 Å². The van der Waals surface area contributed by atoms with Crippen LogP contribution in [0.2, 0.25) is 0 Å². The molecule has 1 amide bonds. The van der Waals surface area contributed by atoms with Crippen LogP contribution in [0, 0.1) is 6.92 Å². The summed E-state index contributed by atoms with van der Waals surface area (Å²) in [6.45, 7) is 2.89. The van der Waals surface area contributed by atoms with Gasteiger partial charge in [0.25, 0.3) is 0 Å². The molecular weight excluding hydrogens is 162 g/mol. The maximum Gasteiger partial charge on any atom is 0.220 e. The van der Waals surface area contributed by atoms with Crippen LogP contribution in [0.1, 0.15) is 23.5 Å². The van der Waals surface area contributed by atoms with Gasteiger partial charge in [-0.15, -0.1) is 0 Å². The fourth-order valence-electron chi connectivity index (χ4n) is 1.87. The first-order valence-electron chi connectivity index (χ1n) is 4.59. The third kappa shape index (κ3) is 1.57. The molecule has 1 aromatic carbocycles. The van der Waals surface area contributed by atoms with Crippen molar-refractivity contribution in [3.63, 3.8) is 0 Å². The number of hydrogen-bond acceptors (Lipinski definition) is 1. The first kappa shape index (κ1) is 8.30. The summed E-state index contributed by atoms with van der Waals surface area (Å²) >= 11 is 0. The third-order valence-electron chi connectivity index (χ3n) is 2.61. The predicted molar refractivity (Wildman–Crippen MR) is 51.5 cm³/mol. The van der Waals surface area contributed by atoms with Crippen LogP contribution in [0.3, 0.4) is 0 Å². The lowest BCUT2D eigenvalue weighted by Crippen LogP contribution is -2.13. The van der Waals surface area contributed by atoms with Crippen molar-refractivity contribution < 1.29 is 4.79 Å². The molecule has 2 heteroatoms. The first-order valence-corrected chi connectivity index (χ1v) is 4.59. The number of carbonyl (C=O) groups is 1. The highest BCUT2D eigenvalue weighted by Crippen LogP contribution is 2.25. The average Bonchev–Trinajstić information content (AvgIpc) is 2.53. The second kappa shape index (κ2) is 3.21. The molecule has 1 saturated heterocycles. The molecule has 1 aromatic rings. The molecule has 1 atom stereocenters. The Labute approximate surface area is 78.0 Å². The van der Waals surface area contributed by atoms with E-state index in [4.69, 9.17) is 0 Å². The van der Waals surface area contributed by atoms with Gasteiger partial charge in [-0.1, -0.05) is 24.3 Å². The highest BCUT2D eigenvalue weighted by molar-refractivity contribution is 5.79. The Bertz CT molecular complexity index is 333. The molecule has 0 aliphatic carbocycles. The molecule has 2 rings (SSSR count). The fourth-order valence-corrected chi connectivity index (χ4v) is 1.87. The van der Waals surface area contributed by atoms with Crippen molar-refractivity contribution in [3.8, 4) is 0 Å². The van der Waals surface area contributed by atoms with Gasteiger partial charge in [-0.2, -0.15) is 0 Å². The zero-order valence-electron chi connectivity index (χ0n) is 7.71. The topological polar surface area (TPSA) is 29.1 Å². The van der Waals surface area contributed by atoms with Crippen LogP contribution in [0.25, 0.3) is 0 Å². The van der Waals surface area contributed by atoms with Gasteiger partial charge >= 0.3 is 0 Å². The normalized spacial score (nSPS) is 21.6.